The van der Waals surface area contributed by atoms with Crippen molar-refractivity contribution >= 4 is 12.3 Å². The third-order valence-corrected chi connectivity index (χ3v) is 3.65. The summed E-state index contributed by atoms with van der Waals surface area (Å²) in [7, 11) is 0. The molecule has 0 amide bonds. The molecule has 1 fully saturated rings. The highest BCUT2D eigenvalue weighted by atomic mass is 16.5. The second kappa shape index (κ2) is 5.16. The zero-order chi connectivity index (χ0) is 14.0. The molecule has 2 rings (SSSR count). The van der Waals surface area contributed by atoms with Crippen LogP contribution < -0.4 is 4.74 Å². The van der Waals surface area contributed by atoms with E-state index >= 15 is 0 Å². The van der Waals surface area contributed by atoms with Gasteiger partial charge in [-0.2, -0.15) is 0 Å². The van der Waals surface area contributed by atoms with Gasteiger partial charge in [-0.05, 0) is 48.4 Å². The van der Waals surface area contributed by atoms with Gasteiger partial charge < -0.3 is 9.53 Å². The fourth-order valence-electron chi connectivity index (χ4n) is 2.30. The minimum atomic E-state index is -0.190. The zero-order valence-corrected chi connectivity index (χ0v) is 11.7. The van der Waals surface area contributed by atoms with Crippen LogP contribution in [-0.2, 0) is 15.0 Å². The molecule has 0 spiro atoms. The van der Waals surface area contributed by atoms with Gasteiger partial charge >= 0.3 is 5.97 Å². The van der Waals surface area contributed by atoms with E-state index in [1.54, 1.807) is 0 Å². The maximum atomic E-state index is 11.6. The van der Waals surface area contributed by atoms with Crippen molar-refractivity contribution < 1.29 is 14.3 Å². The van der Waals surface area contributed by atoms with Crippen LogP contribution >= 0.6 is 0 Å². The highest BCUT2D eigenvalue weighted by molar-refractivity contribution is 5.77. The van der Waals surface area contributed by atoms with E-state index in [1.165, 1.54) is 0 Å². The highest BCUT2D eigenvalue weighted by Crippen LogP contribution is 2.33. The van der Waals surface area contributed by atoms with Crippen LogP contribution in [0, 0.1) is 12.8 Å². The predicted molar refractivity (Wildman–Crippen MR) is 73.2 cm³/mol. The molecule has 102 valence electrons. The molecular weight excluding hydrogens is 240 g/mol. The van der Waals surface area contributed by atoms with Gasteiger partial charge in [0.15, 0.2) is 0 Å². The van der Waals surface area contributed by atoms with Crippen molar-refractivity contribution in [2.75, 3.05) is 0 Å². The Morgan fingerprint density at radius 1 is 1.42 bits per heavy atom. The average Bonchev–Trinajstić information content (AvgIpc) is 3.11. The van der Waals surface area contributed by atoms with Gasteiger partial charge in [0.2, 0.25) is 0 Å². The first kappa shape index (κ1) is 13.8. The number of carbonyl (C=O) groups excluding carboxylic acids is 2. The summed E-state index contributed by atoms with van der Waals surface area (Å²) in [6.07, 6.45) is 3.32. The number of ether oxygens (including phenoxy) is 1. The maximum Gasteiger partial charge on any atom is 0.314 e. The van der Waals surface area contributed by atoms with Crippen LogP contribution in [0.2, 0.25) is 0 Å². The number of carbonyl (C=O) groups is 2. The van der Waals surface area contributed by atoms with E-state index in [-0.39, 0.29) is 17.3 Å². The summed E-state index contributed by atoms with van der Waals surface area (Å²) in [4.78, 5) is 22.3. The summed E-state index contributed by atoms with van der Waals surface area (Å²) in [5, 5.41) is 0. The molecule has 0 aromatic heterocycles. The molecule has 0 unspecified atom stereocenters. The summed E-state index contributed by atoms with van der Waals surface area (Å²) >= 11 is 0. The number of aldehydes is 1. The normalized spacial score (nSPS) is 15.1. The lowest BCUT2D eigenvalue weighted by atomic mass is 9.80. The fraction of sp³-hybridized carbons (Fsp3) is 0.500. The van der Waals surface area contributed by atoms with Crippen LogP contribution in [0.15, 0.2) is 18.2 Å². The molecule has 3 nitrogen and oxygen atoms in total. The minimum Gasteiger partial charge on any atom is -0.426 e. The molecule has 1 aliphatic carbocycles. The first-order valence-electron chi connectivity index (χ1n) is 6.70. The van der Waals surface area contributed by atoms with E-state index in [0.29, 0.717) is 12.2 Å². The Balaban J connectivity index is 2.16. The molecular formula is C16H20O3. The first-order chi connectivity index (χ1) is 8.94. The molecule has 1 saturated carbocycles. The van der Waals surface area contributed by atoms with Crippen molar-refractivity contribution in [3.63, 3.8) is 0 Å². The van der Waals surface area contributed by atoms with Crippen molar-refractivity contribution in [3.8, 4) is 5.75 Å². The Hall–Kier alpha value is -1.64. The van der Waals surface area contributed by atoms with Gasteiger partial charge in [-0.25, -0.2) is 0 Å². The topological polar surface area (TPSA) is 43.4 Å². The Morgan fingerprint density at radius 2 is 2.11 bits per heavy atom. The lowest BCUT2D eigenvalue weighted by Gasteiger charge is -2.25. The van der Waals surface area contributed by atoms with Crippen molar-refractivity contribution in [2.45, 2.75) is 45.4 Å². The quantitative estimate of drug-likeness (QED) is 0.464. The van der Waals surface area contributed by atoms with Crippen molar-refractivity contribution in [1.29, 1.82) is 0 Å². The Morgan fingerprint density at radius 3 is 2.63 bits per heavy atom. The number of esters is 1. The minimum absolute atomic E-state index is 0.103. The van der Waals surface area contributed by atoms with E-state index in [0.717, 1.165) is 30.3 Å². The fourth-order valence-corrected chi connectivity index (χ4v) is 2.30. The second-order valence-electron chi connectivity index (χ2n) is 5.93. The molecule has 3 heteroatoms. The van der Waals surface area contributed by atoms with E-state index in [1.807, 2.05) is 39.0 Å². The molecule has 1 aromatic carbocycles. The Labute approximate surface area is 114 Å². The number of hydrogen-bond donors (Lipinski definition) is 0. The van der Waals surface area contributed by atoms with Crippen LogP contribution in [-0.4, -0.2) is 12.3 Å². The van der Waals surface area contributed by atoms with Gasteiger partial charge in [-0.1, -0.05) is 19.9 Å². The van der Waals surface area contributed by atoms with Gasteiger partial charge in [0.05, 0.1) is 5.92 Å². The van der Waals surface area contributed by atoms with Gasteiger partial charge in [-0.3, -0.25) is 4.79 Å². The molecule has 0 saturated heterocycles. The van der Waals surface area contributed by atoms with Crippen LogP contribution in [0.25, 0.3) is 0 Å². The highest BCUT2D eigenvalue weighted by Gasteiger charge is 2.31. The molecule has 0 aliphatic heterocycles. The molecule has 19 heavy (non-hydrogen) atoms. The van der Waals surface area contributed by atoms with Gasteiger partial charge in [0, 0.05) is 6.42 Å². The maximum absolute atomic E-state index is 11.6. The van der Waals surface area contributed by atoms with E-state index in [4.69, 9.17) is 4.74 Å². The predicted octanol–water partition coefficient (Wildman–Crippen LogP) is 3.18. The summed E-state index contributed by atoms with van der Waals surface area (Å²) in [5.41, 5.74) is 1.98. The van der Waals surface area contributed by atoms with Crippen LogP contribution in [0.3, 0.4) is 0 Å². The SMILES string of the molecule is Cc1cc(OC(=O)C2CC2)ccc1C(C)(C)CC=O. The Bertz CT molecular complexity index is 499. The van der Waals surface area contributed by atoms with Crippen LogP contribution in [0.5, 0.6) is 5.75 Å². The van der Waals surface area contributed by atoms with E-state index in [2.05, 4.69) is 0 Å². The summed E-state index contributed by atoms with van der Waals surface area (Å²) in [6.45, 7) is 6.07. The molecule has 0 N–H and O–H groups in total. The van der Waals surface area contributed by atoms with Crippen LogP contribution in [0.4, 0.5) is 0 Å². The smallest absolute Gasteiger partial charge is 0.314 e. The number of aryl methyl sites for hydroxylation is 1. The lowest BCUT2D eigenvalue weighted by Crippen LogP contribution is -2.19. The zero-order valence-electron chi connectivity index (χ0n) is 11.7. The summed E-state index contributed by atoms with van der Waals surface area (Å²) in [6, 6.07) is 5.64. The number of rotatable bonds is 5. The number of hydrogen-bond acceptors (Lipinski definition) is 3. The third kappa shape index (κ3) is 3.22. The molecule has 0 atom stereocenters. The lowest BCUT2D eigenvalue weighted by molar-refractivity contribution is -0.135. The van der Waals surface area contributed by atoms with E-state index < -0.39 is 0 Å². The first-order valence-corrected chi connectivity index (χ1v) is 6.70. The molecule has 0 heterocycles. The molecule has 1 aliphatic rings. The van der Waals surface area contributed by atoms with Gasteiger partial charge in [-0.15, -0.1) is 0 Å². The molecule has 1 aromatic rings. The summed E-state index contributed by atoms with van der Waals surface area (Å²) in [5.74, 6) is 0.575. The second-order valence-corrected chi connectivity index (χ2v) is 5.93. The average molecular weight is 260 g/mol. The van der Waals surface area contributed by atoms with E-state index in [9.17, 15) is 9.59 Å². The van der Waals surface area contributed by atoms with Crippen LogP contribution in [0.1, 0.15) is 44.2 Å². The summed E-state index contributed by atoms with van der Waals surface area (Å²) < 4.78 is 5.34. The molecule has 0 radical (unpaired) electrons. The monoisotopic (exact) mass is 260 g/mol. The third-order valence-electron chi connectivity index (χ3n) is 3.65. The van der Waals surface area contributed by atoms with Crippen molar-refractivity contribution in [3.05, 3.63) is 29.3 Å². The molecule has 0 bridgehead atoms. The van der Waals surface area contributed by atoms with Gasteiger partial charge in [0.1, 0.15) is 12.0 Å². The standard InChI is InChI=1S/C16H20O3/c1-11-10-13(19-15(18)12-4-5-12)6-7-14(11)16(2,3)8-9-17/h6-7,9-10,12H,4-5,8H2,1-3H3. The van der Waals surface area contributed by atoms with Crippen molar-refractivity contribution in [2.24, 2.45) is 5.92 Å². The van der Waals surface area contributed by atoms with Crippen molar-refractivity contribution in [1.82, 2.24) is 0 Å². The number of benzene rings is 1. The van der Waals surface area contributed by atoms with Gasteiger partial charge in [0.25, 0.3) is 0 Å². The largest absolute Gasteiger partial charge is 0.426 e. The Kier molecular flexibility index (Phi) is 3.74.